The minimum atomic E-state index is 0.0434. The molecule has 0 radical (unpaired) electrons. The number of anilines is 1. The van der Waals surface area contributed by atoms with Gasteiger partial charge in [-0.05, 0) is 68.6 Å². The van der Waals surface area contributed by atoms with Crippen LogP contribution in [0.15, 0.2) is 42.5 Å². The maximum Gasteiger partial charge on any atom is 0.224 e. The van der Waals surface area contributed by atoms with Gasteiger partial charge in [-0.2, -0.15) is 0 Å². The van der Waals surface area contributed by atoms with Crippen LogP contribution in [0.4, 0.5) is 5.69 Å². The SMILES string of the molecule is C[C@@H]1CC/C=C/CC/C=C/CC[C@@H]1CC(=O)Nc1ccc(Cl)c(Cl)c1. The summed E-state index contributed by atoms with van der Waals surface area (Å²) in [6, 6.07) is 5.18. The third kappa shape index (κ3) is 7.25. The van der Waals surface area contributed by atoms with Crippen LogP contribution in [0.5, 0.6) is 0 Å². The minimum absolute atomic E-state index is 0.0434. The van der Waals surface area contributed by atoms with E-state index in [4.69, 9.17) is 23.2 Å². The van der Waals surface area contributed by atoms with Gasteiger partial charge in [-0.25, -0.2) is 0 Å². The molecule has 0 fully saturated rings. The zero-order valence-electron chi connectivity index (χ0n) is 14.8. The minimum Gasteiger partial charge on any atom is -0.326 e. The monoisotopic (exact) mass is 379 g/mol. The molecule has 1 aliphatic carbocycles. The van der Waals surface area contributed by atoms with Crippen molar-refractivity contribution in [2.75, 3.05) is 5.32 Å². The summed E-state index contributed by atoms with van der Waals surface area (Å²) in [6.07, 6.45) is 16.1. The molecule has 0 aromatic heterocycles. The predicted octanol–water partition coefficient (Wildman–Crippen LogP) is 7.04. The summed E-state index contributed by atoms with van der Waals surface area (Å²) >= 11 is 11.9. The molecule has 136 valence electrons. The number of hydrogen-bond acceptors (Lipinski definition) is 1. The number of allylic oxidation sites excluding steroid dienone is 4. The van der Waals surface area contributed by atoms with Crippen molar-refractivity contribution in [3.8, 4) is 0 Å². The number of amides is 1. The average Bonchev–Trinajstić information content (AvgIpc) is 2.57. The maximum atomic E-state index is 12.5. The summed E-state index contributed by atoms with van der Waals surface area (Å²) in [5.74, 6) is 0.958. The van der Waals surface area contributed by atoms with Gasteiger partial charge in [0.15, 0.2) is 0 Å². The van der Waals surface area contributed by atoms with Crippen molar-refractivity contribution in [3.05, 3.63) is 52.5 Å². The van der Waals surface area contributed by atoms with E-state index in [-0.39, 0.29) is 5.91 Å². The van der Waals surface area contributed by atoms with Gasteiger partial charge in [-0.15, -0.1) is 0 Å². The second-order valence-electron chi connectivity index (χ2n) is 6.79. The van der Waals surface area contributed by atoms with E-state index in [1.807, 2.05) is 0 Å². The van der Waals surface area contributed by atoms with Gasteiger partial charge in [0.1, 0.15) is 0 Å². The highest BCUT2D eigenvalue weighted by atomic mass is 35.5. The molecule has 1 amide bonds. The van der Waals surface area contributed by atoms with Crippen LogP contribution in [0.2, 0.25) is 10.0 Å². The predicted molar refractivity (Wildman–Crippen MR) is 108 cm³/mol. The highest BCUT2D eigenvalue weighted by Gasteiger charge is 2.20. The lowest BCUT2D eigenvalue weighted by atomic mass is 9.83. The maximum absolute atomic E-state index is 12.5. The number of rotatable bonds is 3. The largest absolute Gasteiger partial charge is 0.326 e. The van der Waals surface area contributed by atoms with Crippen molar-refractivity contribution in [1.82, 2.24) is 0 Å². The molecule has 1 aromatic rings. The van der Waals surface area contributed by atoms with Crippen molar-refractivity contribution >= 4 is 34.8 Å². The molecule has 2 nitrogen and oxygen atoms in total. The molecule has 0 bridgehead atoms. The fourth-order valence-electron chi connectivity index (χ4n) is 3.18. The van der Waals surface area contributed by atoms with Crippen LogP contribution < -0.4 is 5.32 Å². The third-order valence-electron chi connectivity index (χ3n) is 4.78. The third-order valence-corrected chi connectivity index (χ3v) is 5.52. The van der Waals surface area contributed by atoms with Crippen LogP contribution in [0.25, 0.3) is 0 Å². The van der Waals surface area contributed by atoms with Gasteiger partial charge < -0.3 is 5.32 Å². The Morgan fingerprint density at radius 2 is 1.64 bits per heavy atom. The van der Waals surface area contributed by atoms with E-state index in [1.54, 1.807) is 18.2 Å². The molecule has 4 heteroatoms. The molecular formula is C21H27Cl2NO. The Labute approximate surface area is 161 Å². The van der Waals surface area contributed by atoms with E-state index in [2.05, 4.69) is 36.5 Å². The number of benzene rings is 1. The molecule has 0 unspecified atom stereocenters. The Morgan fingerprint density at radius 1 is 1.00 bits per heavy atom. The van der Waals surface area contributed by atoms with Crippen LogP contribution >= 0.6 is 23.2 Å². The lowest BCUT2D eigenvalue weighted by Gasteiger charge is -2.23. The first-order valence-electron chi connectivity index (χ1n) is 9.11. The normalized spacial score (nSPS) is 24.6. The van der Waals surface area contributed by atoms with Gasteiger partial charge in [0.2, 0.25) is 5.91 Å². The van der Waals surface area contributed by atoms with Gasteiger partial charge >= 0.3 is 0 Å². The van der Waals surface area contributed by atoms with Gasteiger partial charge in [0.25, 0.3) is 0 Å². The van der Waals surface area contributed by atoms with Crippen LogP contribution in [-0.4, -0.2) is 5.91 Å². The molecule has 0 spiro atoms. The van der Waals surface area contributed by atoms with E-state index in [0.29, 0.717) is 34.0 Å². The van der Waals surface area contributed by atoms with E-state index in [0.717, 1.165) is 38.5 Å². The molecule has 1 aliphatic rings. The summed E-state index contributed by atoms with van der Waals surface area (Å²) in [7, 11) is 0. The Bertz CT molecular complexity index is 624. The van der Waals surface area contributed by atoms with Crippen molar-refractivity contribution in [2.45, 2.75) is 51.9 Å². The van der Waals surface area contributed by atoms with Crippen LogP contribution in [0, 0.1) is 11.8 Å². The quantitative estimate of drug-likeness (QED) is 0.560. The molecule has 0 heterocycles. The van der Waals surface area contributed by atoms with Gasteiger partial charge in [-0.1, -0.05) is 54.4 Å². The highest BCUT2D eigenvalue weighted by molar-refractivity contribution is 6.42. The second kappa shape index (κ2) is 10.7. The standard InChI is InChI=1S/C21H27Cl2NO/c1-16-10-8-6-4-2-3-5-7-9-11-17(16)14-21(25)24-18-12-13-19(22)20(23)15-18/h4-7,12-13,15-17H,2-3,8-11,14H2,1H3,(H,24,25)/b6-4+,7-5+/t16-,17-/m1/s1. The Morgan fingerprint density at radius 3 is 2.32 bits per heavy atom. The fraction of sp³-hybridized carbons (Fsp3) is 0.476. The average molecular weight is 380 g/mol. The van der Waals surface area contributed by atoms with E-state index < -0.39 is 0 Å². The number of nitrogens with one attached hydrogen (secondary N) is 1. The molecule has 2 rings (SSSR count). The van der Waals surface area contributed by atoms with Crippen LogP contribution in [0.3, 0.4) is 0 Å². The van der Waals surface area contributed by atoms with E-state index >= 15 is 0 Å². The molecule has 1 N–H and O–H groups in total. The molecule has 1 aromatic carbocycles. The van der Waals surface area contributed by atoms with Gasteiger partial charge in [-0.3, -0.25) is 4.79 Å². The molecule has 0 aliphatic heterocycles. The fourth-order valence-corrected chi connectivity index (χ4v) is 3.48. The number of halogens is 2. The first kappa shape index (κ1) is 20.1. The summed E-state index contributed by atoms with van der Waals surface area (Å²) in [4.78, 5) is 12.5. The summed E-state index contributed by atoms with van der Waals surface area (Å²) in [6.45, 7) is 2.26. The smallest absolute Gasteiger partial charge is 0.224 e. The lowest BCUT2D eigenvalue weighted by molar-refractivity contribution is -0.117. The number of carbonyl (C=O) groups excluding carboxylic acids is 1. The summed E-state index contributed by atoms with van der Waals surface area (Å²) in [5, 5.41) is 3.90. The second-order valence-corrected chi connectivity index (χ2v) is 7.61. The zero-order valence-corrected chi connectivity index (χ0v) is 16.3. The Hall–Kier alpha value is -1.25. The van der Waals surface area contributed by atoms with Crippen molar-refractivity contribution in [2.24, 2.45) is 11.8 Å². The molecule has 0 saturated carbocycles. The molecular weight excluding hydrogens is 353 g/mol. The first-order chi connectivity index (χ1) is 12.1. The number of hydrogen-bond donors (Lipinski definition) is 1. The Kier molecular flexibility index (Phi) is 8.57. The topological polar surface area (TPSA) is 29.1 Å². The van der Waals surface area contributed by atoms with Crippen molar-refractivity contribution in [3.63, 3.8) is 0 Å². The molecule has 25 heavy (non-hydrogen) atoms. The summed E-state index contributed by atoms with van der Waals surface area (Å²) in [5.41, 5.74) is 0.697. The van der Waals surface area contributed by atoms with Crippen LogP contribution in [0.1, 0.15) is 51.9 Å². The van der Waals surface area contributed by atoms with Gasteiger partial charge in [0, 0.05) is 12.1 Å². The number of carbonyl (C=O) groups is 1. The van der Waals surface area contributed by atoms with E-state index in [1.165, 1.54) is 0 Å². The Balaban J connectivity index is 1.95. The van der Waals surface area contributed by atoms with Crippen LogP contribution in [-0.2, 0) is 4.79 Å². The lowest BCUT2D eigenvalue weighted by Crippen LogP contribution is -2.21. The molecule has 2 atom stereocenters. The van der Waals surface area contributed by atoms with Gasteiger partial charge in [0.05, 0.1) is 10.0 Å². The highest BCUT2D eigenvalue weighted by Crippen LogP contribution is 2.28. The zero-order chi connectivity index (χ0) is 18.1. The first-order valence-corrected chi connectivity index (χ1v) is 9.86. The van der Waals surface area contributed by atoms with E-state index in [9.17, 15) is 4.79 Å². The van der Waals surface area contributed by atoms with Crippen molar-refractivity contribution in [1.29, 1.82) is 0 Å². The molecule has 0 saturated heterocycles. The summed E-state index contributed by atoms with van der Waals surface area (Å²) < 4.78 is 0. The van der Waals surface area contributed by atoms with Crippen molar-refractivity contribution < 1.29 is 4.79 Å².